The quantitative estimate of drug-likeness (QED) is 0.695. The number of urea groups is 1. The molecule has 120 valence electrons. The number of aromatic nitrogens is 2. The summed E-state index contributed by atoms with van der Waals surface area (Å²) in [6.07, 6.45) is 4.20. The van der Waals surface area contributed by atoms with Crippen molar-refractivity contribution in [3.05, 3.63) is 18.2 Å². The third kappa shape index (κ3) is 3.63. The van der Waals surface area contributed by atoms with Crippen LogP contribution in [0.3, 0.4) is 0 Å². The van der Waals surface area contributed by atoms with Crippen molar-refractivity contribution in [2.45, 2.75) is 39.3 Å². The molecule has 1 aliphatic heterocycles. The Labute approximate surface area is 128 Å². The first kappa shape index (κ1) is 16.0. The summed E-state index contributed by atoms with van der Waals surface area (Å²) in [7, 11) is 0. The van der Waals surface area contributed by atoms with E-state index in [2.05, 4.69) is 15.6 Å². The van der Waals surface area contributed by atoms with Gasteiger partial charge in [-0.1, -0.05) is 6.92 Å². The van der Waals surface area contributed by atoms with Gasteiger partial charge in [-0.15, -0.1) is 0 Å². The number of carbonyl (C=O) groups excluding carboxylic acids is 3. The lowest BCUT2D eigenvalue weighted by atomic mass is 10.2. The van der Waals surface area contributed by atoms with Crippen molar-refractivity contribution in [3.63, 3.8) is 0 Å². The molecule has 0 radical (unpaired) electrons. The van der Waals surface area contributed by atoms with E-state index in [1.807, 2.05) is 24.6 Å². The minimum Gasteiger partial charge on any atom is -0.354 e. The second-order valence-electron chi connectivity index (χ2n) is 5.21. The summed E-state index contributed by atoms with van der Waals surface area (Å²) >= 11 is 0. The summed E-state index contributed by atoms with van der Waals surface area (Å²) < 4.78 is 1.92. The van der Waals surface area contributed by atoms with E-state index < -0.39 is 12.1 Å². The maximum Gasteiger partial charge on any atom is 0.324 e. The van der Waals surface area contributed by atoms with Gasteiger partial charge in [0.05, 0.1) is 6.42 Å². The summed E-state index contributed by atoms with van der Waals surface area (Å²) in [6, 6.07) is -1.17. The maximum atomic E-state index is 12.0. The third-order valence-corrected chi connectivity index (χ3v) is 3.54. The highest BCUT2D eigenvalue weighted by atomic mass is 16.2. The number of aryl methyl sites for hydroxylation is 1. The van der Waals surface area contributed by atoms with Crippen LogP contribution in [0, 0.1) is 6.92 Å². The molecule has 0 aromatic carbocycles. The molecular formula is C14H21N5O3. The molecule has 22 heavy (non-hydrogen) atoms. The maximum absolute atomic E-state index is 12.0. The fourth-order valence-electron chi connectivity index (χ4n) is 2.36. The highest BCUT2D eigenvalue weighted by molar-refractivity contribution is 6.05. The highest BCUT2D eigenvalue weighted by Gasteiger charge is 2.38. The summed E-state index contributed by atoms with van der Waals surface area (Å²) in [5.41, 5.74) is 0. The van der Waals surface area contributed by atoms with Crippen molar-refractivity contribution in [1.82, 2.24) is 25.1 Å². The zero-order chi connectivity index (χ0) is 16.1. The topological polar surface area (TPSA) is 96.3 Å². The number of hydrogen-bond acceptors (Lipinski definition) is 4. The molecular weight excluding hydrogens is 286 g/mol. The van der Waals surface area contributed by atoms with Gasteiger partial charge < -0.3 is 15.2 Å². The molecule has 0 spiro atoms. The van der Waals surface area contributed by atoms with Crippen LogP contribution in [0.5, 0.6) is 0 Å². The second-order valence-corrected chi connectivity index (χ2v) is 5.21. The number of rotatable bonds is 7. The number of hydrogen-bond donors (Lipinski definition) is 2. The zero-order valence-corrected chi connectivity index (χ0v) is 12.8. The Morgan fingerprint density at radius 3 is 2.82 bits per heavy atom. The monoisotopic (exact) mass is 307 g/mol. The number of nitrogens with one attached hydrogen (secondary N) is 2. The molecule has 8 nitrogen and oxygen atoms in total. The minimum atomic E-state index is -0.756. The Bertz CT molecular complexity index is 569. The van der Waals surface area contributed by atoms with E-state index in [1.54, 1.807) is 6.20 Å². The van der Waals surface area contributed by atoms with E-state index in [0.29, 0.717) is 26.1 Å². The first-order chi connectivity index (χ1) is 10.5. The molecule has 0 saturated carbocycles. The highest BCUT2D eigenvalue weighted by Crippen LogP contribution is 2.09. The van der Waals surface area contributed by atoms with E-state index in [1.165, 1.54) is 0 Å². The van der Waals surface area contributed by atoms with Crippen molar-refractivity contribution in [2.24, 2.45) is 0 Å². The number of imide groups is 1. The number of carbonyl (C=O) groups is 3. The molecule has 1 aromatic rings. The van der Waals surface area contributed by atoms with Gasteiger partial charge in [-0.3, -0.25) is 14.5 Å². The van der Waals surface area contributed by atoms with Gasteiger partial charge in [-0.05, 0) is 13.3 Å². The Balaban J connectivity index is 1.76. The third-order valence-electron chi connectivity index (χ3n) is 3.54. The summed E-state index contributed by atoms with van der Waals surface area (Å²) in [5.74, 6) is 0.296. The van der Waals surface area contributed by atoms with Gasteiger partial charge in [0.1, 0.15) is 11.9 Å². The van der Waals surface area contributed by atoms with Gasteiger partial charge in [0.2, 0.25) is 5.91 Å². The van der Waals surface area contributed by atoms with Crippen LogP contribution in [-0.2, 0) is 16.1 Å². The lowest BCUT2D eigenvalue weighted by Crippen LogP contribution is -2.37. The molecule has 1 aromatic heterocycles. The SMILES string of the molecule is CCCN1C(=O)N[C@H](CC(=O)NCCn2ccnc2C)C1=O. The number of nitrogens with zero attached hydrogens (tertiary/aromatic N) is 3. The molecule has 1 aliphatic rings. The van der Waals surface area contributed by atoms with Crippen molar-refractivity contribution in [1.29, 1.82) is 0 Å². The van der Waals surface area contributed by atoms with Gasteiger partial charge in [-0.25, -0.2) is 9.78 Å². The average molecular weight is 307 g/mol. The number of amides is 4. The molecule has 8 heteroatoms. The van der Waals surface area contributed by atoms with E-state index in [0.717, 1.165) is 10.7 Å². The van der Waals surface area contributed by atoms with Crippen molar-refractivity contribution >= 4 is 17.8 Å². The van der Waals surface area contributed by atoms with Gasteiger partial charge >= 0.3 is 6.03 Å². The van der Waals surface area contributed by atoms with Gasteiger partial charge in [-0.2, -0.15) is 0 Å². The Hall–Kier alpha value is -2.38. The largest absolute Gasteiger partial charge is 0.354 e. The van der Waals surface area contributed by atoms with E-state index in [-0.39, 0.29) is 18.2 Å². The van der Waals surface area contributed by atoms with E-state index >= 15 is 0 Å². The Morgan fingerprint density at radius 2 is 2.18 bits per heavy atom. The molecule has 1 saturated heterocycles. The molecule has 2 heterocycles. The first-order valence-electron chi connectivity index (χ1n) is 7.39. The minimum absolute atomic E-state index is 0.0340. The van der Waals surface area contributed by atoms with Crippen molar-refractivity contribution in [2.75, 3.05) is 13.1 Å². The Morgan fingerprint density at radius 1 is 1.41 bits per heavy atom. The predicted octanol–water partition coefficient (Wildman–Crippen LogP) is 0.0282. The molecule has 0 bridgehead atoms. The zero-order valence-electron chi connectivity index (χ0n) is 12.8. The summed E-state index contributed by atoms with van der Waals surface area (Å²) in [4.78, 5) is 40.7. The lowest BCUT2D eigenvalue weighted by molar-refractivity contribution is -0.130. The molecule has 0 unspecified atom stereocenters. The molecule has 1 atom stereocenters. The van der Waals surface area contributed by atoms with Crippen molar-refractivity contribution in [3.8, 4) is 0 Å². The summed E-state index contributed by atoms with van der Waals surface area (Å²) in [6.45, 7) is 5.21. The van der Waals surface area contributed by atoms with E-state index in [4.69, 9.17) is 0 Å². The smallest absolute Gasteiger partial charge is 0.324 e. The fourth-order valence-corrected chi connectivity index (χ4v) is 2.36. The second kappa shape index (κ2) is 7.06. The van der Waals surface area contributed by atoms with Gasteiger partial charge in [0, 0.05) is 32.0 Å². The van der Waals surface area contributed by atoms with Gasteiger partial charge in [0.25, 0.3) is 5.91 Å². The van der Waals surface area contributed by atoms with Crippen LogP contribution in [0.1, 0.15) is 25.6 Å². The first-order valence-corrected chi connectivity index (χ1v) is 7.39. The van der Waals surface area contributed by atoms with Crippen LogP contribution < -0.4 is 10.6 Å². The van der Waals surface area contributed by atoms with Crippen molar-refractivity contribution < 1.29 is 14.4 Å². The number of imidazole rings is 1. The Kier molecular flexibility index (Phi) is 5.13. The van der Waals surface area contributed by atoms with Gasteiger partial charge in [0.15, 0.2) is 0 Å². The average Bonchev–Trinajstić information content (AvgIpc) is 2.98. The van der Waals surface area contributed by atoms with Crippen LogP contribution in [0.4, 0.5) is 4.79 Å². The van der Waals surface area contributed by atoms with E-state index in [9.17, 15) is 14.4 Å². The van der Waals surface area contributed by atoms with Crippen LogP contribution >= 0.6 is 0 Å². The molecule has 2 N–H and O–H groups in total. The van der Waals surface area contributed by atoms with Crippen LogP contribution in [-0.4, -0.2) is 51.4 Å². The summed E-state index contributed by atoms with van der Waals surface area (Å²) in [5, 5.41) is 5.29. The van der Waals surface area contributed by atoms with Crippen LogP contribution in [0.2, 0.25) is 0 Å². The molecule has 1 fully saturated rings. The lowest BCUT2D eigenvalue weighted by Gasteiger charge is -2.11. The molecule has 4 amide bonds. The van der Waals surface area contributed by atoms with Crippen LogP contribution in [0.25, 0.3) is 0 Å². The normalized spacial score (nSPS) is 17.7. The molecule has 0 aliphatic carbocycles. The van der Waals surface area contributed by atoms with Crippen LogP contribution in [0.15, 0.2) is 12.4 Å². The standard InChI is InChI=1S/C14H21N5O3/c1-3-6-19-13(21)11(17-14(19)22)9-12(20)16-5-8-18-7-4-15-10(18)2/h4,7,11H,3,5-6,8-9H2,1-2H3,(H,16,20)(H,17,22)/t11-/m1/s1. The predicted molar refractivity (Wildman–Crippen MR) is 78.9 cm³/mol. The fraction of sp³-hybridized carbons (Fsp3) is 0.571. The molecule has 2 rings (SSSR count).